The molecular formula is C16H23NO. The first-order valence-corrected chi connectivity index (χ1v) is 7.26. The molecule has 2 heterocycles. The molecule has 98 valence electrons. The molecule has 0 bridgehead atoms. The van der Waals surface area contributed by atoms with Crippen molar-refractivity contribution in [1.82, 2.24) is 4.90 Å². The van der Waals surface area contributed by atoms with Gasteiger partial charge in [-0.25, -0.2) is 0 Å². The Bertz CT molecular complexity index is 402. The van der Waals surface area contributed by atoms with Crippen molar-refractivity contribution in [1.29, 1.82) is 0 Å². The third-order valence-corrected chi connectivity index (χ3v) is 4.61. The monoisotopic (exact) mass is 245 g/mol. The van der Waals surface area contributed by atoms with Crippen LogP contribution >= 0.6 is 0 Å². The Morgan fingerprint density at radius 1 is 1.11 bits per heavy atom. The first kappa shape index (κ1) is 12.0. The molecule has 0 spiro atoms. The summed E-state index contributed by atoms with van der Waals surface area (Å²) in [6.45, 7) is 2.62. The summed E-state index contributed by atoms with van der Waals surface area (Å²) in [6, 6.07) is 9.48. The van der Waals surface area contributed by atoms with Gasteiger partial charge in [0.2, 0.25) is 0 Å². The zero-order chi connectivity index (χ0) is 12.4. The van der Waals surface area contributed by atoms with Gasteiger partial charge >= 0.3 is 0 Å². The number of piperidine rings is 2. The van der Waals surface area contributed by atoms with E-state index in [1.54, 1.807) is 7.11 Å². The van der Waals surface area contributed by atoms with Crippen LogP contribution in [0.5, 0.6) is 5.75 Å². The lowest BCUT2D eigenvalue weighted by atomic mass is 9.79. The fourth-order valence-corrected chi connectivity index (χ4v) is 3.72. The van der Waals surface area contributed by atoms with Crippen molar-refractivity contribution in [2.24, 2.45) is 0 Å². The van der Waals surface area contributed by atoms with Crippen molar-refractivity contribution in [3.8, 4) is 5.75 Å². The number of hydrogen-bond acceptors (Lipinski definition) is 2. The number of nitrogens with zero attached hydrogens (tertiary/aromatic N) is 1. The highest BCUT2D eigenvalue weighted by molar-refractivity contribution is 5.32. The maximum absolute atomic E-state index is 5.37. The SMILES string of the molecule is COc1cccc(C2CCCN3CCCCC23)c1. The van der Waals surface area contributed by atoms with Gasteiger partial charge in [-0.15, -0.1) is 0 Å². The quantitative estimate of drug-likeness (QED) is 0.791. The number of methoxy groups -OCH3 is 1. The average Bonchev–Trinajstić information content (AvgIpc) is 2.47. The summed E-state index contributed by atoms with van der Waals surface area (Å²) in [5, 5.41) is 0. The first-order valence-electron chi connectivity index (χ1n) is 7.26. The van der Waals surface area contributed by atoms with Crippen LogP contribution in [0.2, 0.25) is 0 Å². The van der Waals surface area contributed by atoms with Crippen molar-refractivity contribution in [3.05, 3.63) is 29.8 Å². The molecule has 0 radical (unpaired) electrons. The van der Waals surface area contributed by atoms with Gasteiger partial charge in [0.15, 0.2) is 0 Å². The van der Waals surface area contributed by atoms with Crippen LogP contribution in [0.25, 0.3) is 0 Å². The first-order chi connectivity index (χ1) is 8.88. The van der Waals surface area contributed by atoms with Gasteiger partial charge in [0.25, 0.3) is 0 Å². The molecule has 1 aromatic carbocycles. The van der Waals surface area contributed by atoms with Crippen LogP contribution in [0.15, 0.2) is 24.3 Å². The normalized spacial score (nSPS) is 28.7. The van der Waals surface area contributed by atoms with Gasteiger partial charge in [-0.2, -0.15) is 0 Å². The van der Waals surface area contributed by atoms with Crippen molar-refractivity contribution < 1.29 is 4.74 Å². The maximum atomic E-state index is 5.37. The molecule has 0 N–H and O–H groups in total. The second-order valence-electron chi connectivity index (χ2n) is 5.62. The fraction of sp³-hybridized carbons (Fsp3) is 0.625. The fourth-order valence-electron chi connectivity index (χ4n) is 3.72. The Balaban J connectivity index is 1.84. The van der Waals surface area contributed by atoms with Crippen molar-refractivity contribution in [2.75, 3.05) is 20.2 Å². The number of benzene rings is 1. The smallest absolute Gasteiger partial charge is 0.119 e. The Hall–Kier alpha value is -1.02. The molecule has 2 nitrogen and oxygen atoms in total. The minimum atomic E-state index is 0.717. The van der Waals surface area contributed by atoms with E-state index in [1.807, 2.05) is 6.07 Å². The number of rotatable bonds is 2. The molecule has 1 aromatic rings. The maximum Gasteiger partial charge on any atom is 0.119 e. The topological polar surface area (TPSA) is 12.5 Å². The molecule has 3 rings (SSSR count). The molecule has 2 atom stereocenters. The van der Waals surface area contributed by atoms with Gasteiger partial charge < -0.3 is 4.74 Å². The molecule has 0 aliphatic carbocycles. The molecule has 2 heteroatoms. The van der Waals surface area contributed by atoms with Crippen molar-refractivity contribution >= 4 is 0 Å². The molecule has 0 amide bonds. The Morgan fingerprint density at radius 3 is 2.89 bits per heavy atom. The van der Waals surface area contributed by atoms with E-state index in [2.05, 4.69) is 23.1 Å². The van der Waals surface area contributed by atoms with E-state index in [0.29, 0.717) is 5.92 Å². The molecule has 2 saturated heterocycles. The molecule has 2 aliphatic rings. The Kier molecular flexibility index (Phi) is 3.55. The minimum Gasteiger partial charge on any atom is -0.497 e. The molecule has 2 fully saturated rings. The summed E-state index contributed by atoms with van der Waals surface area (Å²) in [5.74, 6) is 1.72. The van der Waals surface area contributed by atoms with E-state index in [4.69, 9.17) is 4.74 Å². The number of hydrogen-bond donors (Lipinski definition) is 0. The van der Waals surface area contributed by atoms with E-state index in [-0.39, 0.29) is 0 Å². The van der Waals surface area contributed by atoms with Crippen LogP contribution in [-0.4, -0.2) is 31.1 Å². The standard InChI is InChI=1S/C16H23NO/c1-18-14-7-4-6-13(12-14)15-8-5-11-17-10-3-2-9-16(15)17/h4,6-7,12,15-16H,2-3,5,8-11H2,1H3. The highest BCUT2D eigenvalue weighted by Gasteiger charge is 2.33. The van der Waals surface area contributed by atoms with Crippen LogP contribution in [0.4, 0.5) is 0 Å². The van der Waals surface area contributed by atoms with Gasteiger partial charge in [0.05, 0.1) is 7.11 Å². The van der Waals surface area contributed by atoms with Gasteiger partial charge in [-0.1, -0.05) is 18.6 Å². The molecule has 2 unspecified atom stereocenters. The summed E-state index contributed by atoms with van der Waals surface area (Å²) >= 11 is 0. The predicted octanol–water partition coefficient (Wildman–Crippen LogP) is 3.43. The summed E-state index contributed by atoms with van der Waals surface area (Å²) in [7, 11) is 1.76. The lowest BCUT2D eigenvalue weighted by Gasteiger charge is -2.44. The van der Waals surface area contributed by atoms with E-state index in [1.165, 1.54) is 50.8 Å². The second-order valence-corrected chi connectivity index (χ2v) is 5.62. The lowest BCUT2D eigenvalue weighted by Crippen LogP contribution is -2.46. The van der Waals surface area contributed by atoms with Crippen LogP contribution in [-0.2, 0) is 0 Å². The van der Waals surface area contributed by atoms with E-state index < -0.39 is 0 Å². The van der Waals surface area contributed by atoms with Gasteiger partial charge in [-0.05, 0) is 62.4 Å². The van der Waals surface area contributed by atoms with Crippen molar-refractivity contribution in [3.63, 3.8) is 0 Å². The third-order valence-electron chi connectivity index (χ3n) is 4.61. The van der Waals surface area contributed by atoms with E-state index >= 15 is 0 Å². The number of fused-ring (bicyclic) bond motifs is 1. The Labute approximate surface area is 110 Å². The third kappa shape index (κ3) is 2.26. The average molecular weight is 245 g/mol. The summed E-state index contributed by atoms with van der Waals surface area (Å²) in [5.41, 5.74) is 1.48. The van der Waals surface area contributed by atoms with Crippen molar-refractivity contribution in [2.45, 2.75) is 44.1 Å². The van der Waals surface area contributed by atoms with Gasteiger partial charge in [-0.3, -0.25) is 4.90 Å². The predicted molar refractivity (Wildman–Crippen MR) is 74.2 cm³/mol. The highest BCUT2D eigenvalue weighted by atomic mass is 16.5. The summed E-state index contributed by atoms with van der Waals surface area (Å²) in [4.78, 5) is 2.72. The van der Waals surface area contributed by atoms with Crippen LogP contribution in [0.3, 0.4) is 0 Å². The van der Waals surface area contributed by atoms with Crippen LogP contribution in [0, 0.1) is 0 Å². The molecule has 2 aliphatic heterocycles. The lowest BCUT2D eigenvalue weighted by molar-refractivity contribution is 0.0893. The number of ether oxygens (including phenoxy) is 1. The van der Waals surface area contributed by atoms with Gasteiger partial charge in [0.1, 0.15) is 5.75 Å². The van der Waals surface area contributed by atoms with E-state index in [9.17, 15) is 0 Å². The highest BCUT2D eigenvalue weighted by Crippen LogP contribution is 2.38. The van der Waals surface area contributed by atoms with E-state index in [0.717, 1.165) is 11.8 Å². The zero-order valence-electron chi connectivity index (χ0n) is 11.3. The zero-order valence-corrected chi connectivity index (χ0v) is 11.3. The summed E-state index contributed by atoms with van der Waals surface area (Å²) < 4.78 is 5.37. The Morgan fingerprint density at radius 2 is 2.00 bits per heavy atom. The van der Waals surface area contributed by atoms with Gasteiger partial charge in [0, 0.05) is 6.04 Å². The van der Waals surface area contributed by atoms with Crippen LogP contribution in [0.1, 0.15) is 43.6 Å². The molecule has 0 saturated carbocycles. The minimum absolute atomic E-state index is 0.717. The largest absolute Gasteiger partial charge is 0.497 e. The van der Waals surface area contributed by atoms with Crippen LogP contribution < -0.4 is 4.74 Å². The second kappa shape index (κ2) is 5.31. The molecular weight excluding hydrogens is 222 g/mol. The summed E-state index contributed by atoms with van der Waals surface area (Å²) in [6.07, 6.45) is 6.86. The molecule has 18 heavy (non-hydrogen) atoms. The molecule has 0 aromatic heterocycles.